The van der Waals surface area contributed by atoms with E-state index in [1.807, 2.05) is 18.2 Å². The molecule has 0 saturated carbocycles. The van der Waals surface area contributed by atoms with Crippen LogP contribution in [0.4, 0.5) is 0 Å². The number of hydrogen-bond donors (Lipinski definition) is 0. The molecule has 0 amide bonds. The second-order valence-corrected chi connectivity index (χ2v) is 15.3. The summed E-state index contributed by atoms with van der Waals surface area (Å²) in [6.07, 6.45) is 0. The van der Waals surface area contributed by atoms with Crippen LogP contribution in [0.3, 0.4) is 0 Å². The summed E-state index contributed by atoms with van der Waals surface area (Å²) < 4.78 is 8.90. The summed E-state index contributed by atoms with van der Waals surface area (Å²) in [5.41, 5.74) is 14.4. The quantitative estimate of drug-likeness (QED) is 0.170. The molecular formula is C55H35N3O. The molecule has 3 aromatic heterocycles. The first-order valence-electron chi connectivity index (χ1n) is 20.1. The van der Waals surface area contributed by atoms with Gasteiger partial charge in [-0.3, -0.25) is 0 Å². The second-order valence-electron chi connectivity index (χ2n) is 15.3. The Bertz CT molecular complexity index is 3270. The van der Waals surface area contributed by atoms with Gasteiger partial charge in [-0.1, -0.05) is 170 Å². The highest BCUT2D eigenvalue weighted by Gasteiger charge is 2.46. The van der Waals surface area contributed by atoms with Gasteiger partial charge >= 0.3 is 0 Å². The maximum Gasteiger partial charge on any atom is 0.162 e. The highest BCUT2D eigenvalue weighted by molar-refractivity contribution is 6.09. The van der Waals surface area contributed by atoms with Crippen molar-refractivity contribution < 1.29 is 4.42 Å². The lowest BCUT2D eigenvalue weighted by Gasteiger charge is -2.33. The van der Waals surface area contributed by atoms with Gasteiger partial charge in [0.05, 0.1) is 27.8 Å². The Labute approximate surface area is 341 Å². The summed E-state index contributed by atoms with van der Waals surface area (Å²) in [5.74, 6) is 1.32. The molecule has 0 N–H and O–H groups in total. The van der Waals surface area contributed by atoms with Crippen molar-refractivity contribution in [1.29, 1.82) is 0 Å². The monoisotopic (exact) mass is 753 g/mol. The fraction of sp³-hybridized carbons (Fsp3) is 0.0182. The Morgan fingerprint density at radius 3 is 1.71 bits per heavy atom. The Balaban J connectivity index is 1.15. The minimum Gasteiger partial charge on any atom is -0.454 e. The van der Waals surface area contributed by atoms with E-state index in [4.69, 9.17) is 14.4 Å². The number of rotatable bonds is 6. The Kier molecular flexibility index (Phi) is 7.41. The third kappa shape index (κ3) is 4.96. The molecule has 276 valence electrons. The van der Waals surface area contributed by atoms with Crippen molar-refractivity contribution in [2.75, 3.05) is 0 Å². The fourth-order valence-corrected chi connectivity index (χ4v) is 9.69. The normalized spacial score (nSPS) is 12.9. The third-order valence-electron chi connectivity index (χ3n) is 12.1. The molecule has 59 heavy (non-hydrogen) atoms. The van der Waals surface area contributed by atoms with Crippen LogP contribution < -0.4 is 0 Å². The minimum atomic E-state index is -0.537. The van der Waals surface area contributed by atoms with Crippen molar-refractivity contribution in [2.45, 2.75) is 5.41 Å². The summed E-state index contributed by atoms with van der Waals surface area (Å²) in [4.78, 5) is 10.9. The molecular weight excluding hydrogens is 719 g/mol. The van der Waals surface area contributed by atoms with E-state index in [0.717, 1.165) is 50.2 Å². The largest absolute Gasteiger partial charge is 0.454 e. The van der Waals surface area contributed by atoms with Crippen molar-refractivity contribution in [3.8, 4) is 50.9 Å². The molecule has 0 fully saturated rings. The summed E-state index contributed by atoms with van der Waals surface area (Å²) >= 11 is 0. The first-order chi connectivity index (χ1) is 29.3. The van der Waals surface area contributed by atoms with Gasteiger partial charge in [-0.15, -0.1) is 0 Å². The van der Waals surface area contributed by atoms with Gasteiger partial charge in [-0.2, -0.15) is 0 Å². The van der Waals surface area contributed by atoms with Crippen LogP contribution in [0.5, 0.6) is 0 Å². The topological polar surface area (TPSA) is 43.9 Å². The van der Waals surface area contributed by atoms with Crippen LogP contribution in [-0.4, -0.2) is 14.5 Å². The molecule has 0 unspecified atom stereocenters. The number of hydrogen-bond acceptors (Lipinski definition) is 3. The molecule has 3 heterocycles. The maximum atomic E-state index is 6.56. The summed E-state index contributed by atoms with van der Waals surface area (Å²) in [5, 5.41) is 3.43. The first-order valence-corrected chi connectivity index (χ1v) is 20.1. The van der Waals surface area contributed by atoms with Crippen LogP contribution in [0.1, 0.15) is 22.3 Å². The predicted molar refractivity (Wildman–Crippen MR) is 240 cm³/mol. The lowest BCUT2D eigenvalue weighted by molar-refractivity contribution is 0.628. The number of benzene rings is 8. The van der Waals surface area contributed by atoms with Crippen LogP contribution in [0.25, 0.3) is 83.7 Å². The summed E-state index contributed by atoms with van der Waals surface area (Å²) in [6, 6.07) is 75.5. The zero-order valence-electron chi connectivity index (χ0n) is 32.0. The van der Waals surface area contributed by atoms with E-state index in [-0.39, 0.29) is 0 Å². The van der Waals surface area contributed by atoms with Crippen LogP contribution in [-0.2, 0) is 5.41 Å². The average molecular weight is 754 g/mol. The number of fused-ring (bicyclic) bond motifs is 7. The van der Waals surface area contributed by atoms with E-state index in [2.05, 4.69) is 199 Å². The molecule has 0 atom stereocenters. The smallest absolute Gasteiger partial charge is 0.162 e. The minimum absolute atomic E-state index is 0.537. The highest BCUT2D eigenvalue weighted by atomic mass is 16.3. The van der Waals surface area contributed by atoms with Gasteiger partial charge in [0.25, 0.3) is 0 Å². The number of aromatic nitrogens is 3. The number of furan rings is 1. The lowest BCUT2D eigenvalue weighted by Crippen LogP contribution is -2.28. The van der Waals surface area contributed by atoms with Gasteiger partial charge in [-0.05, 0) is 75.8 Å². The van der Waals surface area contributed by atoms with Crippen LogP contribution in [0, 0.1) is 0 Å². The van der Waals surface area contributed by atoms with E-state index in [0.29, 0.717) is 11.6 Å². The standard InChI is InChI=1S/C55H35N3O/c1-3-19-37(20-4-1)55(38-21-5-2-6-22-38)44-28-12-8-25-41(44)53-42(27-17-29-45(53)55)46-35-47(52-34-36-18-7-16-33-51(36)59-52)57-54(56-46)43-26-11-15-32-50(43)58-48-30-13-9-23-39(48)40-24-10-14-31-49(40)58/h1-35H. The zero-order valence-corrected chi connectivity index (χ0v) is 32.0. The van der Waals surface area contributed by atoms with Gasteiger partial charge in [0.2, 0.25) is 0 Å². The van der Waals surface area contributed by atoms with Gasteiger partial charge < -0.3 is 8.98 Å². The average Bonchev–Trinajstić information content (AvgIpc) is 3.99. The van der Waals surface area contributed by atoms with E-state index >= 15 is 0 Å². The first kappa shape index (κ1) is 33.3. The predicted octanol–water partition coefficient (Wildman–Crippen LogP) is 13.7. The molecule has 1 aliphatic carbocycles. The Hall–Kier alpha value is -7.82. The lowest BCUT2D eigenvalue weighted by atomic mass is 9.67. The summed E-state index contributed by atoms with van der Waals surface area (Å²) in [7, 11) is 0. The molecule has 0 radical (unpaired) electrons. The van der Waals surface area contributed by atoms with Crippen LogP contribution in [0.2, 0.25) is 0 Å². The third-order valence-corrected chi connectivity index (χ3v) is 12.1. The maximum absolute atomic E-state index is 6.56. The van der Waals surface area contributed by atoms with Gasteiger partial charge in [0, 0.05) is 27.3 Å². The van der Waals surface area contributed by atoms with E-state index in [1.165, 1.54) is 44.2 Å². The number of nitrogens with zero attached hydrogens (tertiary/aromatic N) is 3. The Morgan fingerprint density at radius 1 is 0.424 bits per heavy atom. The van der Waals surface area contributed by atoms with E-state index in [9.17, 15) is 0 Å². The van der Waals surface area contributed by atoms with Crippen LogP contribution in [0.15, 0.2) is 217 Å². The highest BCUT2D eigenvalue weighted by Crippen LogP contribution is 2.58. The number of para-hydroxylation sites is 4. The van der Waals surface area contributed by atoms with Crippen molar-refractivity contribution in [2.24, 2.45) is 0 Å². The van der Waals surface area contributed by atoms with Crippen molar-refractivity contribution in [1.82, 2.24) is 14.5 Å². The molecule has 0 saturated heterocycles. The van der Waals surface area contributed by atoms with Crippen molar-refractivity contribution >= 4 is 32.8 Å². The van der Waals surface area contributed by atoms with E-state index in [1.54, 1.807) is 0 Å². The second kappa shape index (κ2) is 13.1. The van der Waals surface area contributed by atoms with Crippen molar-refractivity contribution in [3.05, 3.63) is 235 Å². The molecule has 1 aliphatic rings. The van der Waals surface area contributed by atoms with Gasteiger partial charge in [0.15, 0.2) is 11.6 Å². The molecule has 0 spiro atoms. The molecule has 4 nitrogen and oxygen atoms in total. The van der Waals surface area contributed by atoms with Crippen LogP contribution >= 0.6 is 0 Å². The van der Waals surface area contributed by atoms with Gasteiger partial charge in [0.1, 0.15) is 11.3 Å². The van der Waals surface area contributed by atoms with Gasteiger partial charge in [-0.25, -0.2) is 9.97 Å². The Morgan fingerprint density at radius 2 is 0.983 bits per heavy atom. The molecule has 8 aromatic carbocycles. The summed E-state index contributed by atoms with van der Waals surface area (Å²) in [6.45, 7) is 0. The fourth-order valence-electron chi connectivity index (χ4n) is 9.69. The van der Waals surface area contributed by atoms with E-state index < -0.39 is 5.41 Å². The molecule has 12 rings (SSSR count). The molecule has 11 aromatic rings. The molecule has 4 heteroatoms. The SMILES string of the molecule is c1ccc(C2(c3ccccc3)c3ccccc3-c3c(-c4cc(-c5cc6ccccc6o5)nc(-c5ccccc5-n5c6ccccc6c6ccccc65)n4)cccc32)cc1. The zero-order chi connectivity index (χ0) is 38.9. The van der Waals surface area contributed by atoms with Crippen molar-refractivity contribution in [3.63, 3.8) is 0 Å². The molecule has 0 bridgehead atoms. The molecule has 0 aliphatic heterocycles.